The van der Waals surface area contributed by atoms with Crippen molar-refractivity contribution in [2.45, 2.75) is 31.4 Å². The van der Waals surface area contributed by atoms with Crippen molar-refractivity contribution in [1.29, 1.82) is 0 Å². The van der Waals surface area contributed by atoms with E-state index in [1.54, 1.807) is 6.92 Å². The minimum atomic E-state index is -2.96. The summed E-state index contributed by atoms with van der Waals surface area (Å²) in [7, 11) is -2.96. The van der Waals surface area contributed by atoms with Gasteiger partial charge in [-0.2, -0.15) is 0 Å². The van der Waals surface area contributed by atoms with Gasteiger partial charge in [-0.1, -0.05) is 6.92 Å². The summed E-state index contributed by atoms with van der Waals surface area (Å²) in [5, 5.41) is 0. The summed E-state index contributed by atoms with van der Waals surface area (Å²) in [4.78, 5) is 0. The molecule has 0 bridgehead atoms. The van der Waals surface area contributed by atoms with Crippen LogP contribution in [0, 0.1) is 0 Å². The van der Waals surface area contributed by atoms with E-state index in [1.807, 2.05) is 6.92 Å². The zero-order valence-electron chi connectivity index (χ0n) is 7.42. The van der Waals surface area contributed by atoms with Crippen molar-refractivity contribution >= 4 is 9.84 Å². The molecule has 0 spiro atoms. The molecule has 3 nitrogen and oxygen atoms in total. The van der Waals surface area contributed by atoms with Crippen LogP contribution in [-0.2, 0) is 9.84 Å². The standard InChI is InChI=1S/C7H17NO2S/c1-4-7(2,5-6-8)11(3,9)10/h4-6,8H2,1-3H3. The van der Waals surface area contributed by atoms with E-state index in [-0.39, 0.29) is 0 Å². The van der Waals surface area contributed by atoms with Gasteiger partial charge in [-0.15, -0.1) is 0 Å². The van der Waals surface area contributed by atoms with Crippen LogP contribution in [0.4, 0.5) is 0 Å². The monoisotopic (exact) mass is 179 g/mol. The highest BCUT2D eigenvalue weighted by atomic mass is 32.2. The highest BCUT2D eigenvalue weighted by molar-refractivity contribution is 7.92. The molecule has 0 aromatic rings. The molecule has 0 aliphatic rings. The van der Waals surface area contributed by atoms with Gasteiger partial charge in [-0.05, 0) is 26.3 Å². The SMILES string of the molecule is CCC(C)(CCN)S(C)(=O)=O. The third-order valence-electron chi connectivity index (χ3n) is 2.32. The van der Waals surface area contributed by atoms with Gasteiger partial charge in [0, 0.05) is 6.26 Å². The normalized spacial score (nSPS) is 17.8. The van der Waals surface area contributed by atoms with Gasteiger partial charge in [-0.25, -0.2) is 8.42 Å². The van der Waals surface area contributed by atoms with Crippen LogP contribution in [0.15, 0.2) is 0 Å². The maximum atomic E-state index is 11.2. The van der Waals surface area contributed by atoms with Gasteiger partial charge in [-0.3, -0.25) is 0 Å². The Hall–Kier alpha value is -0.0900. The van der Waals surface area contributed by atoms with Crippen molar-refractivity contribution < 1.29 is 8.42 Å². The van der Waals surface area contributed by atoms with Gasteiger partial charge in [0.1, 0.15) is 0 Å². The smallest absolute Gasteiger partial charge is 0.152 e. The van der Waals surface area contributed by atoms with E-state index in [2.05, 4.69) is 0 Å². The molecule has 0 rings (SSSR count). The zero-order valence-corrected chi connectivity index (χ0v) is 8.24. The molecule has 2 N–H and O–H groups in total. The Labute approximate surface area is 68.9 Å². The molecule has 0 heterocycles. The molecule has 0 radical (unpaired) electrons. The summed E-state index contributed by atoms with van der Waals surface area (Å²) >= 11 is 0. The first-order valence-electron chi connectivity index (χ1n) is 3.77. The Morgan fingerprint density at radius 3 is 2.00 bits per heavy atom. The maximum Gasteiger partial charge on any atom is 0.152 e. The van der Waals surface area contributed by atoms with E-state index in [4.69, 9.17) is 5.73 Å². The quantitative estimate of drug-likeness (QED) is 0.685. The molecule has 0 fully saturated rings. The predicted molar refractivity (Wildman–Crippen MR) is 47.2 cm³/mol. The van der Waals surface area contributed by atoms with E-state index >= 15 is 0 Å². The van der Waals surface area contributed by atoms with Gasteiger partial charge >= 0.3 is 0 Å². The van der Waals surface area contributed by atoms with Crippen LogP contribution < -0.4 is 5.73 Å². The Morgan fingerprint density at radius 1 is 1.45 bits per heavy atom. The number of hydrogen-bond acceptors (Lipinski definition) is 3. The Balaban J connectivity index is 4.61. The zero-order chi connectivity index (χ0) is 9.12. The largest absolute Gasteiger partial charge is 0.330 e. The molecular weight excluding hydrogens is 162 g/mol. The minimum Gasteiger partial charge on any atom is -0.330 e. The fourth-order valence-electron chi connectivity index (χ4n) is 0.930. The van der Waals surface area contributed by atoms with Crippen LogP contribution in [0.1, 0.15) is 26.7 Å². The topological polar surface area (TPSA) is 60.2 Å². The third-order valence-corrected chi connectivity index (χ3v) is 4.60. The highest BCUT2D eigenvalue weighted by Gasteiger charge is 2.32. The first-order valence-corrected chi connectivity index (χ1v) is 5.66. The fourth-order valence-corrected chi connectivity index (χ4v) is 1.94. The second kappa shape index (κ2) is 3.54. The highest BCUT2D eigenvalue weighted by Crippen LogP contribution is 2.23. The van der Waals surface area contributed by atoms with Crippen molar-refractivity contribution in [2.75, 3.05) is 12.8 Å². The lowest BCUT2D eigenvalue weighted by Crippen LogP contribution is -2.36. The summed E-state index contributed by atoms with van der Waals surface area (Å²) in [5.74, 6) is 0. The van der Waals surface area contributed by atoms with Gasteiger partial charge in [0.2, 0.25) is 0 Å². The van der Waals surface area contributed by atoms with Crippen molar-refractivity contribution in [3.05, 3.63) is 0 Å². The third kappa shape index (κ3) is 2.45. The van der Waals surface area contributed by atoms with Crippen molar-refractivity contribution in [2.24, 2.45) is 5.73 Å². The van der Waals surface area contributed by atoms with E-state index in [9.17, 15) is 8.42 Å². The second-order valence-electron chi connectivity index (χ2n) is 3.11. The molecule has 0 aromatic heterocycles. The van der Waals surface area contributed by atoms with Crippen LogP contribution in [-0.4, -0.2) is 26.0 Å². The van der Waals surface area contributed by atoms with Gasteiger partial charge < -0.3 is 5.73 Å². The lowest BCUT2D eigenvalue weighted by atomic mass is 10.0. The predicted octanol–water partition coefficient (Wildman–Crippen LogP) is 0.549. The van der Waals surface area contributed by atoms with Gasteiger partial charge in [0.25, 0.3) is 0 Å². The molecule has 1 atom stereocenters. The summed E-state index contributed by atoms with van der Waals surface area (Å²) in [6.07, 6.45) is 2.44. The molecule has 4 heteroatoms. The van der Waals surface area contributed by atoms with Gasteiger partial charge in [0.05, 0.1) is 4.75 Å². The average molecular weight is 179 g/mol. The fraction of sp³-hybridized carbons (Fsp3) is 1.00. The molecule has 0 saturated carbocycles. The lowest BCUT2D eigenvalue weighted by molar-refractivity contribution is 0.502. The molecule has 0 aliphatic carbocycles. The average Bonchev–Trinajstić information content (AvgIpc) is 1.86. The minimum absolute atomic E-state index is 0.428. The number of sulfone groups is 1. The number of nitrogens with two attached hydrogens (primary N) is 1. The van der Waals surface area contributed by atoms with E-state index in [1.165, 1.54) is 6.26 Å². The van der Waals surface area contributed by atoms with E-state index in [0.29, 0.717) is 19.4 Å². The van der Waals surface area contributed by atoms with Crippen molar-refractivity contribution in [3.8, 4) is 0 Å². The molecular formula is C7H17NO2S. The van der Waals surface area contributed by atoms with E-state index < -0.39 is 14.6 Å². The first-order chi connectivity index (χ1) is 4.87. The summed E-state index contributed by atoms with van der Waals surface area (Å²) in [5.41, 5.74) is 5.32. The Kier molecular flexibility index (Phi) is 3.51. The van der Waals surface area contributed by atoms with Gasteiger partial charge in [0.15, 0.2) is 9.84 Å². The Bertz CT molecular complexity index is 210. The summed E-state index contributed by atoms with van der Waals surface area (Å²) in [6.45, 7) is 4.04. The Morgan fingerprint density at radius 2 is 1.91 bits per heavy atom. The van der Waals surface area contributed by atoms with E-state index in [0.717, 1.165) is 0 Å². The van der Waals surface area contributed by atoms with Crippen molar-refractivity contribution in [1.82, 2.24) is 0 Å². The number of hydrogen-bond donors (Lipinski definition) is 1. The maximum absolute atomic E-state index is 11.2. The molecule has 0 saturated heterocycles. The summed E-state index contributed by atoms with van der Waals surface area (Å²) < 4.78 is 21.8. The van der Waals surface area contributed by atoms with Crippen LogP contribution in [0.5, 0.6) is 0 Å². The molecule has 0 aromatic carbocycles. The van der Waals surface area contributed by atoms with Crippen molar-refractivity contribution in [3.63, 3.8) is 0 Å². The van der Waals surface area contributed by atoms with Crippen LogP contribution in [0.3, 0.4) is 0 Å². The molecule has 1 unspecified atom stereocenters. The summed E-state index contributed by atoms with van der Waals surface area (Å²) in [6, 6.07) is 0. The van der Waals surface area contributed by atoms with Crippen LogP contribution in [0.2, 0.25) is 0 Å². The molecule has 0 aliphatic heterocycles. The molecule has 0 amide bonds. The first kappa shape index (κ1) is 10.9. The lowest BCUT2D eigenvalue weighted by Gasteiger charge is -2.24. The second-order valence-corrected chi connectivity index (χ2v) is 5.64. The molecule has 68 valence electrons. The van der Waals surface area contributed by atoms with Crippen LogP contribution >= 0.6 is 0 Å². The molecule has 11 heavy (non-hydrogen) atoms. The number of rotatable bonds is 4. The van der Waals surface area contributed by atoms with Crippen LogP contribution in [0.25, 0.3) is 0 Å².